The van der Waals surface area contributed by atoms with E-state index in [0.29, 0.717) is 11.6 Å². The van der Waals surface area contributed by atoms with Crippen molar-refractivity contribution in [3.05, 3.63) is 53.5 Å². The molecule has 0 bridgehead atoms. The third-order valence-corrected chi connectivity index (χ3v) is 3.34. The summed E-state index contributed by atoms with van der Waals surface area (Å²) in [6.07, 6.45) is 7.49. The number of rotatable bonds is 4. The number of aromatic nitrogens is 5. The summed E-state index contributed by atoms with van der Waals surface area (Å²) in [6.45, 7) is 0. The van der Waals surface area contributed by atoms with Crippen LogP contribution in [0.15, 0.2) is 48.6 Å². The average Bonchev–Trinajstić information content (AvgIpc) is 3.19. The summed E-state index contributed by atoms with van der Waals surface area (Å²) < 4.78 is 1.48. The number of hydrogen-bond donors (Lipinski definition) is 1. The Morgan fingerprint density at radius 1 is 1.33 bits per heavy atom. The molecule has 3 heterocycles. The molecule has 0 aliphatic heterocycles. The molecular weight excluding hydrogens is 288 g/mol. The largest absolute Gasteiger partial charge is 0.307 e. The van der Waals surface area contributed by atoms with Gasteiger partial charge in [0, 0.05) is 17.0 Å². The van der Waals surface area contributed by atoms with Crippen LogP contribution < -0.4 is 5.32 Å². The lowest BCUT2D eigenvalue weighted by molar-refractivity contribution is -0.111. The standard InChI is InChI=1S/C13H10N6OS/c20-13(4-3-10-2-1-5-21-10)18-11-6-12(16-8-15-11)19-9-14-7-17-19/h1-9H,(H,15,16,18,20)/b4-3+. The number of hydrogen-bond acceptors (Lipinski definition) is 6. The van der Waals surface area contributed by atoms with Crippen molar-refractivity contribution in [2.45, 2.75) is 0 Å². The molecule has 8 heteroatoms. The van der Waals surface area contributed by atoms with Crippen LogP contribution in [0.25, 0.3) is 11.9 Å². The molecule has 3 aromatic heterocycles. The lowest BCUT2D eigenvalue weighted by atomic mass is 10.4. The summed E-state index contributed by atoms with van der Waals surface area (Å²) in [7, 11) is 0. The lowest BCUT2D eigenvalue weighted by Crippen LogP contribution is -2.10. The smallest absolute Gasteiger partial charge is 0.249 e. The van der Waals surface area contributed by atoms with Gasteiger partial charge in [0.05, 0.1) is 0 Å². The van der Waals surface area contributed by atoms with E-state index in [1.165, 1.54) is 29.7 Å². The minimum absolute atomic E-state index is 0.258. The van der Waals surface area contributed by atoms with Crippen molar-refractivity contribution in [2.75, 3.05) is 5.32 Å². The first-order valence-corrected chi connectivity index (χ1v) is 6.89. The van der Waals surface area contributed by atoms with Gasteiger partial charge >= 0.3 is 0 Å². The van der Waals surface area contributed by atoms with Gasteiger partial charge in [-0.15, -0.1) is 11.3 Å². The van der Waals surface area contributed by atoms with E-state index >= 15 is 0 Å². The molecule has 0 fully saturated rings. The molecule has 21 heavy (non-hydrogen) atoms. The predicted octanol–water partition coefficient (Wildman–Crippen LogP) is 1.77. The third kappa shape index (κ3) is 3.37. The minimum atomic E-state index is -0.258. The van der Waals surface area contributed by atoms with Crippen LogP contribution in [0, 0.1) is 0 Å². The van der Waals surface area contributed by atoms with E-state index in [2.05, 4.69) is 25.4 Å². The number of anilines is 1. The molecule has 0 atom stereocenters. The molecule has 0 spiro atoms. The molecule has 0 saturated carbocycles. The molecule has 104 valence electrons. The van der Waals surface area contributed by atoms with Gasteiger partial charge < -0.3 is 5.32 Å². The van der Waals surface area contributed by atoms with Crippen LogP contribution in [0.5, 0.6) is 0 Å². The summed E-state index contributed by atoms with van der Waals surface area (Å²) in [5.41, 5.74) is 0. The fourth-order valence-electron chi connectivity index (χ4n) is 1.58. The van der Waals surface area contributed by atoms with Crippen LogP contribution in [0.3, 0.4) is 0 Å². The highest BCUT2D eigenvalue weighted by atomic mass is 32.1. The number of carbonyl (C=O) groups is 1. The monoisotopic (exact) mass is 298 g/mol. The van der Waals surface area contributed by atoms with Gasteiger partial charge in [-0.1, -0.05) is 6.07 Å². The van der Waals surface area contributed by atoms with Crippen LogP contribution in [0.1, 0.15) is 4.88 Å². The minimum Gasteiger partial charge on any atom is -0.307 e. The second-order valence-corrected chi connectivity index (χ2v) is 4.92. The van der Waals surface area contributed by atoms with Crippen molar-refractivity contribution >= 4 is 29.1 Å². The maximum absolute atomic E-state index is 11.8. The van der Waals surface area contributed by atoms with Gasteiger partial charge in [0.1, 0.15) is 24.8 Å². The SMILES string of the molecule is O=C(/C=C/c1cccs1)Nc1cc(-n2cncn2)ncn1. The summed E-state index contributed by atoms with van der Waals surface area (Å²) in [6, 6.07) is 5.48. The van der Waals surface area contributed by atoms with Crippen molar-refractivity contribution in [1.82, 2.24) is 24.7 Å². The van der Waals surface area contributed by atoms with E-state index in [0.717, 1.165) is 4.88 Å². The van der Waals surface area contributed by atoms with Gasteiger partial charge in [-0.3, -0.25) is 4.79 Å². The van der Waals surface area contributed by atoms with Gasteiger partial charge in [-0.25, -0.2) is 19.6 Å². The maximum atomic E-state index is 11.8. The molecule has 0 aromatic carbocycles. The van der Waals surface area contributed by atoms with Gasteiger partial charge in [0.2, 0.25) is 5.91 Å². The Bertz CT molecular complexity index is 751. The lowest BCUT2D eigenvalue weighted by Gasteiger charge is -2.03. The number of thiophene rings is 1. The van der Waals surface area contributed by atoms with E-state index in [1.807, 2.05) is 17.5 Å². The summed E-state index contributed by atoms with van der Waals surface area (Å²) in [5.74, 6) is 0.669. The molecule has 3 aromatic rings. The van der Waals surface area contributed by atoms with E-state index in [9.17, 15) is 4.79 Å². The zero-order valence-corrected chi connectivity index (χ0v) is 11.6. The predicted molar refractivity (Wildman–Crippen MR) is 78.9 cm³/mol. The topological polar surface area (TPSA) is 85.6 Å². The van der Waals surface area contributed by atoms with Crippen molar-refractivity contribution in [3.63, 3.8) is 0 Å². The van der Waals surface area contributed by atoms with Crippen molar-refractivity contribution in [3.8, 4) is 5.82 Å². The molecule has 0 saturated heterocycles. The van der Waals surface area contributed by atoms with E-state index in [-0.39, 0.29) is 5.91 Å². The molecule has 0 unspecified atom stereocenters. The summed E-state index contributed by atoms with van der Waals surface area (Å²) in [5, 5.41) is 8.59. The van der Waals surface area contributed by atoms with Gasteiger partial charge in [-0.2, -0.15) is 5.10 Å². The molecule has 7 nitrogen and oxygen atoms in total. The van der Waals surface area contributed by atoms with Crippen LogP contribution in [-0.4, -0.2) is 30.6 Å². The van der Waals surface area contributed by atoms with Crippen LogP contribution in [-0.2, 0) is 4.79 Å². The van der Waals surface area contributed by atoms with E-state index < -0.39 is 0 Å². The number of amides is 1. The number of carbonyl (C=O) groups excluding carboxylic acids is 1. The number of nitrogens with zero attached hydrogens (tertiary/aromatic N) is 5. The van der Waals surface area contributed by atoms with Crippen LogP contribution >= 0.6 is 11.3 Å². The second-order valence-electron chi connectivity index (χ2n) is 3.94. The average molecular weight is 298 g/mol. The Morgan fingerprint density at radius 3 is 3.05 bits per heavy atom. The Morgan fingerprint density at radius 2 is 2.29 bits per heavy atom. The van der Waals surface area contributed by atoms with Gasteiger partial charge in [0.25, 0.3) is 0 Å². The van der Waals surface area contributed by atoms with E-state index in [4.69, 9.17) is 0 Å². The first-order valence-electron chi connectivity index (χ1n) is 6.01. The Kier molecular flexibility index (Phi) is 3.79. The van der Waals surface area contributed by atoms with Crippen molar-refractivity contribution in [2.24, 2.45) is 0 Å². The Hall–Kier alpha value is -2.87. The van der Waals surface area contributed by atoms with E-state index in [1.54, 1.807) is 23.5 Å². The van der Waals surface area contributed by atoms with Gasteiger partial charge in [0.15, 0.2) is 5.82 Å². The van der Waals surface area contributed by atoms with Crippen LogP contribution in [0.2, 0.25) is 0 Å². The number of nitrogens with one attached hydrogen (secondary N) is 1. The molecule has 0 radical (unpaired) electrons. The first-order chi connectivity index (χ1) is 10.3. The quantitative estimate of drug-likeness (QED) is 0.742. The maximum Gasteiger partial charge on any atom is 0.249 e. The zero-order valence-electron chi connectivity index (χ0n) is 10.7. The molecule has 3 rings (SSSR count). The highest BCUT2D eigenvalue weighted by molar-refractivity contribution is 7.10. The van der Waals surface area contributed by atoms with Crippen LogP contribution in [0.4, 0.5) is 5.82 Å². The third-order valence-electron chi connectivity index (χ3n) is 2.50. The first kappa shape index (κ1) is 13.1. The summed E-state index contributed by atoms with van der Waals surface area (Å²) >= 11 is 1.56. The highest BCUT2D eigenvalue weighted by Gasteiger charge is 2.04. The molecular formula is C13H10N6OS. The van der Waals surface area contributed by atoms with Crippen molar-refractivity contribution in [1.29, 1.82) is 0 Å². The van der Waals surface area contributed by atoms with Crippen molar-refractivity contribution < 1.29 is 4.79 Å². The molecule has 0 aliphatic rings. The molecule has 0 aliphatic carbocycles. The normalized spacial score (nSPS) is 10.9. The zero-order chi connectivity index (χ0) is 14.5. The molecule has 1 N–H and O–H groups in total. The Labute approximate surface area is 124 Å². The highest BCUT2D eigenvalue weighted by Crippen LogP contribution is 2.11. The second kappa shape index (κ2) is 6.06. The molecule has 1 amide bonds. The fraction of sp³-hybridized carbons (Fsp3) is 0. The summed E-state index contributed by atoms with van der Waals surface area (Å²) in [4.78, 5) is 24.7. The Balaban J connectivity index is 1.70. The fourth-order valence-corrected chi connectivity index (χ4v) is 2.20. The van der Waals surface area contributed by atoms with Gasteiger partial charge in [-0.05, 0) is 17.5 Å².